The van der Waals surface area contributed by atoms with Crippen LogP contribution < -0.4 is 5.32 Å². The van der Waals surface area contributed by atoms with Crippen LogP contribution in [-0.2, 0) is 11.3 Å². The highest BCUT2D eigenvalue weighted by Crippen LogP contribution is 2.08. The van der Waals surface area contributed by atoms with Gasteiger partial charge in [-0.05, 0) is 26.3 Å². The largest absolute Gasteiger partial charge is 0.383 e. The molecular formula is C15H24N2O2. The SMILES string of the molecule is COCC(C)NC(=O)N(Cc1ccccc1)C(C)C. The van der Waals surface area contributed by atoms with Crippen molar-refractivity contribution >= 4 is 6.03 Å². The summed E-state index contributed by atoms with van der Waals surface area (Å²) in [5.41, 5.74) is 1.13. The summed E-state index contributed by atoms with van der Waals surface area (Å²) in [5, 5.41) is 2.94. The van der Waals surface area contributed by atoms with E-state index in [1.54, 1.807) is 7.11 Å². The zero-order valence-electron chi connectivity index (χ0n) is 12.2. The first-order valence-electron chi connectivity index (χ1n) is 6.64. The van der Waals surface area contributed by atoms with Gasteiger partial charge >= 0.3 is 6.03 Å². The number of rotatable bonds is 6. The number of nitrogens with one attached hydrogen (secondary N) is 1. The van der Waals surface area contributed by atoms with Gasteiger partial charge in [0.2, 0.25) is 0 Å². The van der Waals surface area contributed by atoms with E-state index in [9.17, 15) is 4.79 Å². The predicted molar refractivity (Wildman–Crippen MR) is 77.0 cm³/mol. The molecule has 0 aliphatic heterocycles. The van der Waals surface area contributed by atoms with Crippen LogP contribution in [0.5, 0.6) is 0 Å². The van der Waals surface area contributed by atoms with Gasteiger partial charge in [-0.2, -0.15) is 0 Å². The van der Waals surface area contributed by atoms with Crippen LogP contribution in [0.1, 0.15) is 26.3 Å². The van der Waals surface area contributed by atoms with Crippen LogP contribution in [0.4, 0.5) is 4.79 Å². The van der Waals surface area contributed by atoms with E-state index in [1.165, 1.54) is 0 Å². The molecule has 0 aliphatic rings. The lowest BCUT2D eigenvalue weighted by molar-refractivity contribution is 0.151. The summed E-state index contributed by atoms with van der Waals surface area (Å²) in [6, 6.07) is 10.1. The molecule has 0 heterocycles. The molecule has 1 aromatic carbocycles. The van der Waals surface area contributed by atoms with Crippen molar-refractivity contribution in [3.8, 4) is 0 Å². The van der Waals surface area contributed by atoms with E-state index >= 15 is 0 Å². The standard InChI is InChI=1S/C15H24N2O2/c1-12(2)17(10-14-8-6-5-7-9-14)15(18)16-13(3)11-19-4/h5-9,12-13H,10-11H2,1-4H3,(H,16,18). The molecule has 4 nitrogen and oxygen atoms in total. The maximum absolute atomic E-state index is 12.2. The number of benzene rings is 1. The second kappa shape index (κ2) is 7.79. The maximum Gasteiger partial charge on any atom is 0.318 e. The summed E-state index contributed by atoms with van der Waals surface area (Å²) in [5.74, 6) is 0. The zero-order valence-corrected chi connectivity index (χ0v) is 12.2. The Bertz CT molecular complexity index is 379. The van der Waals surface area contributed by atoms with Gasteiger partial charge in [-0.15, -0.1) is 0 Å². The molecule has 0 saturated carbocycles. The van der Waals surface area contributed by atoms with Gasteiger partial charge < -0.3 is 15.0 Å². The number of ether oxygens (including phenoxy) is 1. The van der Waals surface area contributed by atoms with Crippen molar-refractivity contribution in [3.63, 3.8) is 0 Å². The molecule has 0 radical (unpaired) electrons. The van der Waals surface area contributed by atoms with Crippen LogP contribution in [-0.4, -0.2) is 36.7 Å². The smallest absolute Gasteiger partial charge is 0.318 e. The normalized spacial score (nSPS) is 12.3. The van der Waals surface area contributed by atoms with E-state index in [2.05, 4.69) is 5.32 Å². The van der Waals surface area contributed by atoms with Crippen molar-refractivity contribution in [2.24, 2.45) is 0 Å². The Morgan fingerprint density at radius 3 is 2.42 bits per heavy atom. The van der Waals surface area contributed by atoms with E-state index in [1.807, 2.05) is 56.0 Å². The molecule has 0 spiro atoms. The molecule has 0 aliphatic carbocycles. The maximum atomic E-state index is 12.2. The molecule has 1 unspecified atom stereocenters. The van der Waals surface area contributed by atoms with Crippen LogP contribution in [0, 0.1) is 0 Å². The van der Waals surface area contributed by atoms with Gasteiger partial charge in [0, 0.05) is 19.7 Å². The van der Waals surface area contributed by atoms with Gasteiger partial charge in [-0.1, -0.05) is 30.3 Å². The molecule has 1 rings (SSSR count). The first-order valence-corrected chi connectivity index (χ1v) is 6.64. The van der Waals surface area contributed by atoms with Gasteiger partial charge in [0.1, 0.15) is 0 Å². The fourth-order valence-corrected chi connectivity index (χ4v) is 1.85. The van der Waals surface area contributed by atoms with E-state index in [0.717, 1.165) is 5.56 Å². The molecule has 2 amide bonds. The Labute approximate surface area is 115 Å². The van der Waals surface area contributed by atoms with Gasteiger partial charge in [0.25, 0.3) is 0 Å². The lowest BCUT2D eigenvalue weighted by atomic mass is 10.2. The minimum absolute atomic E-state index is 0.00882. The van der Waals surface area contributed by atoms with Crippen molar-refractivity contribution < 1.29 is 9.53 Å². The number of amides is 2. The highest BCUT2D eigenvalue weighted by atomic mass is 16.5. The molecule has 106 valence electrons. The Kier molecular flexibility index (Phi) is 6.36. The van der Waals surface area contributed by atoms with Crippen LogP contribution >= 0.6 is 0 Å². The summed E-state index contributed by atoms with van der Waals surface area (Å²) in [6.45, 7) is 7.10. The molecule has 0 saturated heterocycles. The Hall–Kier alpha value is -1.55. The minimum Gasteiger partial charge on any atom is -0.383 e. The first-order chi connectivity index (χ1) is 9.04. The van der Waals surface area contributed by atoms with Crippen molar-refractivity contribution in [1.82, 2.24) is 10.2 Å². The summed E-state index contributed by atoms with van der Waals surface area (Å²) in [4.78, 5) is 14.1. The topological polar surface area (TPSA) is 41.6 Å². The molecule has 1 N–H and O–H groups in total. The van der Waals surface area contributed by atoms with Crippen LogP contribution in [0.3, 0.4) is 0 Å². The van der Waals surface area contributed by atoms with Gasteiger partial charge in [-0.25, -0.2) is 4.79 Å². The third-order valence-corrected chi connectivity index (χ3v) is 2.87. The number of hydrogen-bond acceptors (Lipinski definition) is 2. The van der Waals surface area contributed by atoms with Gasteiger partial charge in [-0.3, -0.25) is 0 Å². The lowest BCUT2D eigenvalue weighted by Gasteiger charge is -2.28. The average Bonchev–Trinajstić information content (AvgIpc) is 2.36. The fraction of sp³-hybridized carbons (Fsp3) is 0.533. The van der Waals surface area contributed by atoms with Crippen molar-refractivity contribution in [1.29, 1.82) is 0 Å². The highest BCUT2D eigenvalue weighted by Gasteiger charge is 2.18. The number of urea groups is 1. The zero-order chi connectivity index (χ0) is 14.3. The average molecular weight is 264 g/mol. The highest BCUT2D eigenvalue weighted by molar-refractivity contribution is 5.74. The minimum atomic E-state index is -0.0524. The van der Waals surface area contributed by atoms with Crippen LogP contribution in [0.25, 0.3) is 0 Å². The number of hydrogen-bond donors (Lipinski definition) is 1. The fourth-order valence-electron chi connectivity index (χ4n) is 1.85. The number of methoxy groups -OCH3 is 1. The predicted octanol–water partition coefficient (Wildman–Crippen LogP) is 2.64. The van der Waals surface area contributed by atoms with Crippen molar-refractivity contribution in [3.05, 3.63) is 35.9 Å². The number of carbonyl (C=O) groups excluding carboxylic acids is 1. The monoisotopic (exact) mass is 264 g/mol. The Morgan fingerprint density at radius 2 is 1.89 bits per heavy atom. The molecule has 19 heavy (non-hydrogen) atoms. The Morgan fingerprint density at radius 1 is 1.26 bits per heavy atom. The summed E-state index contributed by atoms with van der Waals surface area (Å²) < 4.78 is 5.03. The number of carbonyl (C=O) groups is 1. The Balaban J connectivity index is 2.64. The molecular weight excluding hydrogens is 240 g/mol. The number of nitrogens with zero attached hydrogens (tertiary/aromatic N) is 1. The van der Waals surface area contributed by atoms with E-state index in [-0.39, 0.29) is 18.1 Å². The van der Waals surface area contributed by atoms with E-state index < -0.39 is 0 Å². The molecule has 0 aromatic heterocycles. The van der Waals surface area contributed by atoms with Crippen LogP contribution in [0.15, 0.2) is 30.3 Å². The van der Waals surface area contributed by atoms with Gasteiger partial charge in [0.15, 0.2) is 0 Å². The van der Waals surface area contributed by atoms with Crippen LogP contribution in [0.2, 0.25) is 0 Å². The second-order valence-corrected chi connectivity index (χ2v) is 5.01. The second-order valence-electron chi connectivity index (χ2n) is 5.01. The molecule has 4 heteroatoms. The van der Waals surface area contributed by atoms with E-state index in [0.29, 0.717) is 13.2 Å². The quantitative estimate of drug-likeness (QED) is 0.858. The summed E-state index contributed by atoms with van der Waals surface area (Å²) in [6.07, 6.45) is 0. The third-order valence-electron chi connectivity index (χ3n) is 2.87. The third kappa shape index (κ3) is 5.30. The summed E-state index contributed by atoms with van der Waals surface area (Å²) >= 11 is 0. The van der Waals surface area contributed by atoms with Crippen molar-refractivity contribution in [2.75, 3.05) is 13.7 Å². The van der Waals surface area contributed by atoms with Gasteiger partial charge in [0.05, 0.1) is 12.6 Å². The lowest BCUT2D eigenvalue weighted by Crippen LogP contribution is -2.47. The first kappa shape index (κ1) is 15.5. The molecule has 0 fully saturated rings. The van der Waals surface area contributed by atoms with E-state index in [4.69, 9.17) is 4.74 Å². The molecule has 1 atom stereocenters. The summed E-state index contributed by atoms with van der Waals surface area (Å²) in [7, 11) is 1.63. The molecule has 0 bridgehead atoms. The van der Waals surface area contributed by atoms with Crippen molar-refractivity contribution in [2.45, 2.75) is 39.4 Å². The molecule has 1 aromatic rings.